The van der Waals surface area contributed by atoms with Gasteiger partial charge in [0.25, 0.3) is 5.56 Å². The number of aromatic nitrogens is 2. The average molecular weight is 428 g/mol. The van der Waals surface area contributed by atoms with Crippen LogP contribution >= 0.6 is 21.3 Å². The molecule has 5 atom stereocenters. The lowest BCUT2D eigenvalue weighted by atomic mass is 10.1. The van der Waals surface area contributed by atoms with Crippen molar-refractivity contribution in [1.82, 2.24) is 9.55 Å². The molecule has 0 bridgehead atoms. The van der Waals surface area contributed by atoms with Crippen molar-refractivity contribution in [2.45, 2.75) is 57.5 Å². The molecule has 1 unspecified atom stereocenters. The van der Waals surface area contributed by atoms with Crippen LogP contribution in [0.2, 0.25) is 0 Å². The van der Waals surface area contributed by atoms with Crippen molar-refractivity contribution in [1.29, 1.82) is 0 Å². The van der Waals surface area contributed by atoms with Crippen LogP contribution in [-0.2, 0) is 23.3 Å². The molecule has 1 fully saturated rings. The summed E-state index contributed by atoms with van der Waals surface area (Å²) in [5, 5.41) is 0. The Labute approximate surface area is 162 Å². The molecule has 156 valence electrons. The molecule has 13 heteroatoms. The average Bonchev–Trinajstić information content (AvgIpc) is 2.83. The SMILES string of the molecule is CO[C@H]1C(OC(C)C)[C@@H]([C@H](C)OP(=O)(O)O)O[C@H]1n1ccc(=O)[nH]c1=O.S. The van der Waals surface area contributed by atoms with Crippen LogP contribution in [0.15, 0.2) is 21.9 Å². The number of phosphoric ester groups is 1. The summed E-state index contributed by atoms with van der Waals surface area (Å²) in [6, 6.07) is 1.15. The molecule has 0 amide bonds. The lowest BCUT2D eigenvalue weighted by Crippen LogP contribution is -2.43. The second-order valence-corrected chi connectivity index (χ2v) is 7.35. The van der Waals surface area contributed by atoms with Gasteiger partial charge in [-0.05, 0) is 20.8 Å². The molecule has 27 heavy (non-hydrogen) atoms. The molecule has 1 aliphatic heterocycles. The fourth-order valence-corrected chi connectivity index (χ4v) is 3.44. The zero-order valence-corrected chi connectivity index (χ0v) is 17.2. The van der Waals surface area contributed by atoms with Crippen molar-refractivity contribution in [3.8, 4) is 0 Å². The van der Waals surface area contributed by atoms with Crippen molar-refractivity contribution in [2.75, 3.05) is 7.11 Å². The number of nitrogens with one attached hydrogen (secondary N) is 1. The molecule has 1 aromatic heterocycles. The fraction of sp³-hybridized carbons (Fsp3) is 0.714. The highest BCUT2D eigenvalue weighted by Crippen LogP contribution is 2.42. The Bertz CT molecular complexity index is 776. The Hall–Kier alpha value is -0.980. The molecule has 2 rings (SSSR count). The van der Waals surface area contributed by atoms with Gasteiger partial charge in [-0.1, -0.05) is 0 Å². The first-order valence-corrected chi connectivity index (χ1v) is 9.45. The van der Waals surface area contributed by atoms with Crippen LogP contribution in [0.1, 0.15) is 27.0 Å². The van der Waals surface area contributed by atoms with Gasteiger partial charge in [0.05, 0.1) is 12.2 Å². The highest BCUT2D eigenvalue weighted by Gasteiger charge is 2.50. The zero-order chi connectivity index (χ0) is 19.6. The Morgan fingerprint density at radius 2 is 1.89 bits per heavy atom. The molecule has 1 aromatic rings. The van der Waals surface area contributed by atoms with Crippen LogP contribution in [0.4, 0.5) is 0 Å². The fourth-order valence-electron chi connectivity index (χ4n) is 2.89. The Morgan fingerprint density at radius 1 is 1.26 bits per heavy atom. The van der Waals surface area contributed by atoms with Crippen molar-refractivity contribution >= 4 is 21.3 Å². The largest absolute Gasteiger partial charge is 0.469 e. The minimum absolute atomic E-state index is 0. The summed E-state index contributed by atoms with van der Waals surface area (Å²) in [5.74, 6) is 0. The highest BCUT2D eigenvalue weighted by molar-refractivity contribution is 7.59. The molecule has 1 aliphatic rings. The summed E-state index contributed by atoms with van der Waals surface area (Å²) >= 11 is 0. The van der Waals surface area contributed by atoms with E-state index in [4.69, 9.17) is 28.5 Å². The molecular formula is C14H25N2O9PS. The first kappa shape index (κ1) is 24.1. The molecule has 11 nitrogen and oxygen atoms in total. The van der Waals surface area contributed by atoms with E-state index in [1.54, 1.807) is 13.8 Å². The summed E-state index contributed by atoms with van der Waals surface area (Å²) < 4.78 is 34.1. The van der Waals surface area contributed by atoms with Crippen LogP contribution in [0.5, 0.6) is 0 Å². The van der Waals surface area contributed by atoms with Gasteiger partial charge in [-0.3, -0.25) is 18.9 Å². The first-order chi connectivity index (χ1) is 12.0. The summed E-state index contributed by atoms with van der Waals surface area (Å²) in [6.45, 7) is 4.97. The van der Waals surface area contributed by atoms with E-state index in [1.807, 2.05) is 0 Å². The summed E-state index contributed by atoms with van der Waals surface area (Å²) in [4.78, 5) is 43.6. The number of hydrogen-bond acceptors (Lipinski definition) is 7. The predicted molar refractivity (Wildman–Crippen MR) is 99.0 cm³/mol. The summed E-state index contributed by atoms with van der Waals surface area (Å²) in [7, 11) is -3.37. The predicted octanol–water partition coefficient (Wildman–Crippen LogP) is -0.147. The van der Waals surface area contributed by atoms with Crippen molar-refractivity contribution in [3.05, 3.63) is 33.1 Å². The van der Waals surface area contributed by atoms with E-state index in [1.165, 1.54) is 20.2 Å². The van der Waals surface area contributed by atoms with Gasteiger partial charge in [0.15, 0.2) is 6.23 Å². The summed E-state index contributed by atoms with van der Waals surface area (Å²) in [5.41, 5.74) is -1.28. The highest BCUT2D eigenvalue weighted by atomic mass is 32.1. The van der Waals surface area contributed by atoms with Crippen molar-refractivity contribution < 1.29 is 33.1 Å². The van der Waals surface area contributed by atoms with E-state index in [0.29, 0.717) is 0 Å². The van der Waals surface area contributed by atoms with Gasteiger partial charge < -0.3 is 24.0 Å². The number of methoxy groups -OCH3 is 1. The molecule has 1 saturated heterocycles. The smallest absolute Gasteiger partial charge is 0.374 e. The lowest BCUT2D eigenvalue weighted by molar-refractivity contribution is -0.101. The maximum Gasteiger partial charge on any atom is 0.469 e. The lowest BCUT2D eigenvalue weighted by Gasteiger charge is -2.28. The third-order valence-corrected chi connectivity index (χ3v) is 4.43. The number of ether oxygens (including phenoxy) is 3. The topological polar surface area (TPSA) is 149 Å². The third-order valence-electron chi connectivity index (χ3n) is 3.82. The van der Waals surface area contributed by atoms with Crippen LogP contribution in [0, 0.1) is 0 Å². The van der Waals surface area contributed by atoms with E-state index in [-0.39, 0.29) is 19.6 Å². The molecule has 0 spiro atoms. The van der Waals surface area contributed by atoms with E-state index in [0.717, 1.165) is 10.6 Å². The van der Waals surface area contributed by atoms with E-state index in [9.17, 15) is 14.2 Å². The van der Waals surface area contributed by atoms with Gasteiger partial charge >= 0.3 is 13.5 Å². The number of rotatable bonds is 7. The van der Waals surface area contributed by atoms with Gasteiger partial charge in [-0.25, -0.2) is 9.36 Å². The third kappa shape index (κ3) is 6.00. The van der Waals surface area contributed by atoms with E-state index in [2.05, 4.69) is 4.98 Å². The van der Waals surface area contributed by atoms with Gasteiger partial charge in [0.1, 0.15) is 18.3 Å². The van der Waals surface area contributed by atoms with E-state index < -0.39 is 49.7 Å². The Balaban J connectivity index is 0.00000364. The number of phosphoric acid groups is 1. The minimum atomic E-state index is -4.76. The molecule has 3 N–H and O–H groups in total. The maximum atomic E-state index is 12.1. The standard InChI is InChI=1S/C14H23N2O9P.H2S/c1-7(2)23-11-10(8(3)25-26(19,20)21)24-13(12(11)22-4)16-6-5-9(17)15-14(16)18;/h5-8,10-13H,1-4H3,(H,15,17,18)(H2,19,20,21);1H2/t8-,10+,11?,12-,13+;/m0./s1. The number of hydrogen-bond donors (Lipinski definition) is 3. The second-order valence-electron chi connectivity index (χ2n) is 6.16. The quantitative estimate of drug-likeness (QED) is 0.504. The minimum Gasteiger partial charge on any atom is -0.374 e. The first-order valence-electron chi connectivity index (χ1n) is 7.92. The van der Waals surface area contributed by atoms with Gasteiger partial charge in [0.2, 0.25) is 0 Å². The Kier molecular flexibility index (Phi) is 8.45. The van der Waals surface area contributed by atoms with Gasteiger partial charge in [-0.2, -0.15) is 13.5 Å². The monoisotopic (exact) mass is 428 g/mol. The molecule has 0 radical (unpaired) electrons. The normalized spacial score (nSPS) is 26.8. The van der Waals surface area contributed by atoms with E-state index >= 15 is 0 Å². The number of H-pyrrole nitrogens is 1. The summed E-state index contributed by atoms with van der Waals surface area (Å²) in [6.07, 6.45) is -3.53. The second kappa shape index (κ2) is 9.48. The maximum absolute atomic E-state index is 12.1. The zero-order valence-electron chi connectivity index (χ0n) is 15.3. The van der Waals surface area contributed by atoms with Crippen molar-refractivity contribution in [3.63, 3.8) is 0 Å². The van der Waals surface area contributed by atoms with Crippen LogP contribution in [0.3, 0.4) is 0 Å². The van der Waals surface area contributed by atoms with Gasteiger partial charge in [0, 0.05) is 19.4 Å². The van der Waals surface area contributed by atoms with Crippen molar-refractivity contribution in [2.24, 2.45) is 0 Å². The number of nitrogens with zero attached hydrogens (tertiary/aromatic N) is 1. The van der Waals surface area contributed by atoms with Crippen LogP contribution in [0.25, 0.3) is 0 Å². The van der Waals surface area contributed by atoms with Gasteiger partial charge in [-0.15, -0.1) is 0 Å². The molecule has 0 aliphatic carbocycles. The molecule has 0 aromatic carbocycles. The molecule has 0 saturated carbocycles. The van der Waals surface area contributed by atoms with Crippen LogP contribution in [-0.4, -0.2) is 57.0 Å². The Morgan fingerprint density at radius 3 is 2.37 bits per heavy atom. The molecular weight excluding hydrogens is 403 g/mol. The number of aromatic amines is 1. The molecule has 2 heterocycles. The van der Waals surface area contributed by atoms with Crippen LogP contribution < -0.4 is 11.2 Å².